The predicted molar refractivity (Wildman–Crippen MR) is 99.6 cm³/mol. The van der Waals surface area contributed by atoms with Gasteiger partial charge in [-0.25, -0.2) is 0 Å². The van der Waals surface area contributed by atoms with Crippen molar-refractivity contribution in [1.29, 1.82) is 0 Å². The SMILES string of the molecule is CCCCCCCCCCCCC(CCC)O[Si](C)(C)C. The molecule has 0 rings (SSSR count). The van der Waals surface area contributed by atoms with Crippen LogP contribution in [0.3, 0.4) is 0 Å². The Labute approximate surface area is 136 Å². The molecule has 0 heterocycles. The lowest BCUT2D eigenvalue weighted by Gasteiger charge is -2.26. The molecule has 0 aliphatic rings. The van der Waals surface area contributed by atoms with Gasteiger partial charge in [0.1, 0.15) is 0 Å². The van der Waals surface area contributed by atoms with E-state index in [4.69, 9.17) is 4.43 Å². The van der Waals surface area contributed by atoms with Crippen LogP contribution in [0.2, 0.25) is 19.6 Å². The Hall–Kier alpha value is 0.177. The van der Waals surface area contributed by atoms with Gasteiger partial charge < -0.3 is 4.43 Å². The average Bonchev–Trinajstić information content (AvgIpc) is 2.39. The van der Waals surface area contributed by atoms with Gasteiger partial charge >= 0.3 is 0 Å². The molecule has 1 unspecified atom stereocenters. The lowest BCUT2D eigenvalue weighted by Crippen LogP contribution is -2.32. The van der Waals surface area contributed by atoms with Crippen molar-refractivity contribution in [2.75, 3.05) is 0 Å². The van der Waals surface area contributed by atoms with Gasteiger partial charge in [0.25, 0.3) is 0 Å². The van der Waals surface area contributed by atoms with E-state index in [2.05, 4.69) is 33.5 Å². The van der Waals surface area contributed by atoms with Crippen LogP contribution in [-0.2, 0) is 4.43 Å². The van der Waals surface area contributed by atoms with Gasteiger partial charge in [-0.2, -0.15) is 0 Å². The molecular weight excluding hydrogens is 272 g/mol. The number of unbranched alkanes of at least 4 members (excludes halogenated alkanes) is 9. The summed E-state index contributed by atoms with van der Waals surface area (Å²) in [6, 6.07) is 0. The second-order valence-electron chi connectivity index (χ2n) is 7.61. The van der Waals surface area contributed by atoms with Crippen LogP contribution in [-0.4, -0.2) is 14.4 Å². The van der Waals surface area contributed by atoms with Gasteiger partial charge in [0, 0.05) is 6.10 Å². The zero-order valence-electron chi connectivity index (χ0n) is 15.7. The summed E-state index contributed by atoms with van der Waals surface area (Å²) in [5.74, 6) is 0. The van der Waals surface area contributed by atoms with Crippen LogP contribution in [0.4, 0.5) is 0 Å². The predicted octanol–water partition coefficient (Wildman–Crippen LogP) is 7.32. The smallest absolute Gasteiger partial charge is 0.184 e. The van der Waals surface area contributed by atoms with E-state index in [1.807, 2.05) is 0 Å². The van der Waals surface area contributed by atoms with Gasteiger partial charge in [-0.3, -0.25) is 0 Å². The fourth-order valence-corrected chi connectivity index (χ4v) is 4.18. The summed E-state index contributed by atoms with van der Waals surface area (Å²) in [6.45, 7) is 11.5. The number of rotatable bonds is 15. The second kappa shape index (κ2) is 13.8. The molecular formula is C19H42OSi. The van der Waals surface area contributed by atoms with Crippen LogP contribution < -0.4 is 0 Å². The summed E-state index contributed by atoms with van der Waals surface area (Å²) >= 11 is 0. The standard InChI is InChI=1S/C19H42OSi/c1-6-8-9-10-11-12-13-14-15-16-18-19(17-7-2)20-21(3,4)5/h19H,6-18H2,1-5H3. The van der Waals surface area contributed by atoms with Crippen molar-refractivity contribution in [2.45, 2.75) is 123 Å². The molecule has 0 bridgehead atoms. The molecule has 0 aromatic heterocycles. The van der Waals surface area contributed by atoms with Crippen molar-refractivity contribution >= 4 is 8.32 Å². The molecule has 1 atom stereocenters. The summed E-state index contributed by atoms with van der Waals surface area (Å²) in [6.07, 6.45) is 18.6. The van der Waals surface area contributed by atoms with Gasteiger partial charge in [-0.1, -0.05) is 84.5 Å². The molecule has 0 saturated heterocycles. The van der Waals surface area contributed by atoms with Gasteiger partial charge in [0.05, 0.1) is 0 Å². The molecule has 0 amide bonds. The Morgan fingerprint density at radius 3 is 1.52 bits per heavy atom. The summed E-state index contributed by atoms with van der Waals surface area (Å²) in [5.41, 5.74) is 0. The molecule has 128 valence electrons. The first-order valence-electron chi connectivity index (χ1n) is 9.67. The molecule has 0 radical (unpaired) electrons. The molecule has 0 fully saturated rings. The van der Waals surface area contributed by atoms with Crippen molar-refractivity contribution in [2.24, 2.45) is 0 Å². The lowest BCUT2D eigenvalue weighted by molar-refractivity contribution is 0.168. The topological polar surface area (TPSA) is 9.23 Å². The lowest BCUT2D eigenvalue weighted by atomic mass is 10.0. The number of hydrogen-bond donors (Lipinski definition) is 0. The highest BCUT2D eigenvalue weighted by Crippen LogP contribution is 2.18. The second-order valence-corrected chi connectivity index (χ2v) is 12.1. The highest BCUT2D eigenvalue weighted by molar-refractivity contribution is 6.69. The van der Waals surface area contributed by atoms with Crippen molar-refractivity contribution in [3.05, 3.63) is 0 Å². The van der Waals surface area contributed by atoms with Crippen LogP contribution in [0.5, 0.6) is 0 Å². The Morgan fingerprint density at radius 1 is 0.619 bits per heavy atom. The molecule has 0 aliphatic heterocycles. The van der Waals surface area contributed by atoms with E-state index in [0.29, 0.717) is 6.10 Å². The monoisotopic (exact) mass is 314 g/mol. The van der Waals surface area contributed by atoms with E-state index < -0.39 is 8.32 Å². The first kappa shape index (κ1) is 21.2. The maximum Gasteiger partial charge on any atom is 0.184 e. The summed E-state index contributed by atoms with van der Waals surface area (Å²) in [7, 11) is -1.35. The summed E-state index contributed by atoms with van der Waals surface area (Å²) in [5, 5.41) is 0. The first-order valence-corrected chi connectivity index (χ1v) is 13.1. The van der Waals surface area contributed by atoms with Gasteiger partial charge in [0.15, 0.2) is 8.32 Å². The zero-order chi connectivity index (χ0) is 16.0. The van der Waals surface area contributed by atoms with Crippen LogP contribution in [0.15, 0.2) is 0 Å². The van der Waals surface area contributed by atoms with E-state index in [1.54, 1.807) is 0 Å². The Bertz CT molecular complexity index is 210. The van der Waals surface area contributed by atoms with Crippen molar-refractivity contribution in [3.8, 4) is 0 Å². The molecule has 21 heavy (non-hydrogen) atoms. The summed E-state index contributed by atoms with van der Waals surface area (Å²) < 4.78 is 6.30. The molecule has 0 aromatic carbocycles. The Morgan fingerprint density at radius 2 is 1.10 bits per heavy atom. The van der Waals surface area contributed by atoms with Gasteiger partial charge in [-0.15, -0.1) is 0 Å². The van der Waals surface area contributed by atoms with E-state index in [1.165, 1.54) is 83.5 Å². The molecule has 0 aliphatic carbocycles. The fourth-order valence-electron chi connectivity index (χ4n) is 2.94. The molecule has 0 N–H and O–H groups in total. The Kier molecular flexibility index (Phi) is 13.9. The third-order valence-corrected chi connectivity index (χ3v) is 5.05. The minimum absolute atomic E-state index is 0.538. The van der Waals surface area contributed by atoms with E-state index in [-0.39, 0.29) is 0 Å². The quantitative estimate of drug-likeness (QED) is 0.227. The van der Waals surface area contributed by atoms with Crippen LogP contribution in [0.25, 0.3) is 0 Å². The van der Waals surface area contributed by atoms with E-state index in [0.717, 1.165) is 0 Å². The Balaban J connectivity index is 3.45. The van der Waals surface area contributed by atoms with Crippen molar-refractivity contribution in [1.82, 2.24) is 0 Å². The average molecular weight is 315 g/mol. The highest BCUT2D eigenvalue weighted by atomic mass is 28.4. The largest absolute Gasteiger partial charge is 0.415 e. The fraction of sp³-hybridized carbons (Fsp3) is 1.00. The van der Waals surface area contributed by atoms with Gasteiger partial charge in [-0.05, 0) is 32.5 Å². The van der Waals surface area contributed by atoms with Crippen molar-refractivity contribution < 1.29 is 4.43 Å². The first-order chi connectivity index (χ1) is 9.99. The maximum atomic E-state index is 6.30. The van der Waals surface area contributed by atoms with E-state index in [9.17, 15) is 0 Å². The molecule has 2 heteroatoms. The molecule has 0 aromatic rings. The maximum absolute atomic E-state index is 6.30. The highest BCUT2D eigenvalue weighted by Gasteiger charge is 2.20. The van der Waals surface area contributed by atoms with Crippen LogP contribution in [0, 0.1) is 0 Å². The minimum atomic E-state index is -1.35. The number of hydrogen-bond acceptors (Lipinski definition) is 1. The van der Waals surface area contributed by atoms with Crippen molar-refractivity contribution in [3.63, 3.8) is 0 Å². The molecule has 0 saturated carbocycles. The molecule has 0 spiro atoms. The van der Waals surface area contributed by atoms with Crippen LogP contribution in [0.1, 0.15) is 97.3 Å². The third kappa shape index (κ3) is 16.4. The van der Waals surface area contributed by atoms with Gasteiger partial charge in [0.2, 0.25) is 0 Å². The summed E-state index contributed by atoms with van der Waals surface area (Å²) in [4.78, 5) is 0. The van der Waals surface area contributed by atoms with E-state index >= 15 is 0 Å². The molecule has 1 nitrogen and oxygen atoms in total. The normalized spacial score (nSPS) is 13.6. The zero-order valence-corrected chi connectivity index (χ0v) is 16.7. The third-order valence-electron chi connectivity index (χ3n) is 4.01. The van der Waals surface area contributed by atoms with Crippen LogP contribution >= 0.6 is 0 Å². The minimum Gasteiger partial charge on any atom is -0.415 e.